The number of ether oxygens (including phenoxy) is 1. The van der Waals surface area contributed by atoms with Gasteiger partial charge in [-0.05, 0) is 39.3 Å². The summed E-state index contributed by atoms with van der Waals surface area (Å²) in [7, 11) is 1.76. The van der Waals surface area contributed by atoms with E-state index in [-0.39, 0.29) is 5.82 Å². The molecule has 0 aliphatic carbocycles. The zero-order valence-corrected chi connectivity index (χ0v) is 13.0. The number of halogens is 1. The lowest BCUT2D eigenvalue weighted by molar-refractivity contribution is 0.00600. The summed E-state index contributed by atoms with van der Waals surface area (Å²) in [5.41, 5.74) is 1.61. The van der Waals surface area contributed by atoms with Gasteiger partial charge in [0.05, 0.1) is 0 Å². The minimum atomic E-state index is -0.595. The highest BCUT2D eigenvalue weighted by Crippen LogP contribution is 2.31. The predicted molar refractivity (Wildman–Crippen MR) is 80.7 cm³/mol. The Hall–Kier alpha value is -2.10. The number of benzene rings is 1. The first-order valence-corrected chi connectivity index (χ1v) is 6.85. The van der Waals surface area contributed by atoms with Crippen LogP contribution in [-0.4, -0.2) is 16.1 Å². The van der Waals surface area contributed by atoms with Gasteiger partial charge in [0.25, 0.3) is 0 Å². The minimum absolute atomic E-state index is 0.350. The zero-order valence-electron chi connectivity index (χ0n) is 13.0. The molecule has 0 spiro atoms. The van der Waals surface area contributed by atoms with Gasteiger partial charge in [-0.2, -0.15) is 0 Å². The van der Waals surface area contributed by atoms with E-state index in [1.165, 1.54) is 6.07 Å². The van der Waals surface area contributed by atoms with E-state index in [1.54, 1.807) is 36.0 Å². The van der Waals surface area contributed by atoms with Gasteiger partial charge in [0.2, 0.25) is 0 Å². The molecule has 0 unspecified atom stereocenters. The first kappa shape index (κ1) is 15.3. The Morgan fingerprint density at radius 3 is 2.43 bits per heavy atom. The molecule has 3 nitrogen and oxygen atoms in total. The first-order chi connectivity index (χ1) is 9.70. The molecule has 2 aromatic rings. The SMILES string of the molecule is Cc1cn(C)c(C(=O)OC(C)(C)C)c1-c1ccccc1F. The molecule has 0 aliphatic heterocycles. The maximum atomic E-state index is 14.1. The molecule has 0 fully saturated rings. The highest BCUT2D eigenvalue weighted by Gasteiger charge is 2.26. The third kappa shape index (κ3) is 3.15. The molecule has 0 saturated carbocycles. The molecule has 0 N–H and O–H groups in total. The quantitative estimate of drug-likeness (QED) is 0.780. The lowest BCUT2D eigenvalue weighted by Gasteiger charge is -2.20. The average molecular weight is 289 g/mol. The Kier molecular flexibility index (Phi) is 3.90. The number of carbonyl (C=O) groups excluding carboxylic acids is 1. The van der Waals surface area contributed by atoms with E-state index < -0.39 is 11.6 Å². The third-order valence-corrected chi connectivity index (χ3v) is 3.11. The summed E-state index contributed by atoms with van der Waals surface area (Å²) in [5.74, 6) is -0.798. The number of carbonyl (C=O) groups is 1. The van der Waals surface area contributed by atoms with Gasteiger partial charge in [0.15, 0.2) is 0 Å². The lowest BCUT2D eigenvalue weighted by Crippen LogP contribution is -2.25. The molecule has 0 saturated heterocycles. The van der Waals surface area contributed by atoms with E-state index in [2.05, 4.69) is 0 Å². The van der Waals surface area contributed by atoms with Gasteiger partial charge in [-0.3, -0.25) is 0 Å². The highest BCUT2D eigenvalue weighted by molar-refractivity contribution is 5.97. The van der Waals surface area contributed by atoms with Gasteiger partial charge in [0, 0.05) is 24.4 Å². The molecule has 112 valence electrons. The molecule has 1 aromatic carbocycles. The summed E-state index contributed by atoms with van der Waals surface area (Å²) in [5, 5.41) is 0. The van der Waals surface area contributed by atoms with Crippen LogP contribution in [0.3, 0.4) is 0 Å². The van der Waals surface area contributed by atoms with E-state index in [0.717, 1.165) is 5.56 Å². The second kappa shape index (κ2) is 5.35. The van der Waals surface area contributed by atoms with Crippen LogP contribution in [0, 0.1) is 12.7 Å². The molecule has 0 amide bonds. The number of hydrogen-bond donors (Lipinski definition) is 0. The molecule has 4 heteroatoms. The van der Waals surface area contributed by atoms with Crippen molar-refractivity contribution in [1.82, 2.24) is 4.57 Å². The predicted octanol–water partition coefficient (Wildman–Crippen LogP) is 4.09. The molecule has 0 atom stereocenters. The van der Waals surface area contributed by atoms with Gasteiger partial charge in [-0.1, -0.05) is 18.2 Å². The van der Waals surface area contributed by atoms with Crippen LogP contribution in [0.25, 0.3) is 11.1 Å². The van der Waals surface area contributed by atoms with Gasteiger partial charge in [-0.15, -0.1) is 0 Å². The molecule has 2 rings (SSSR count). The van der Waals surface area contributed by atoms with Crippen molar-refractivity contribution < 1.29 is 13.9 Å². The number of esters is 1. The third-order valence-electron chi connectivity index (χ3n) is 3.11. The van der Waals surface area contributed by atoms with Crippen molar-refractivity contribution in [3.8, 4) is 11.1 Å². The smallest absolute Gasteiger partial charge is 0.356 e. The van der Waals surface area contributed by atoms with E-state index in [4.69, 9.17) is 4.74 Å². The van der Waals surface area contributed by atoms with Crippen LogP contribution in [0.5, 0.6) is 0 Å². The second-order valence-corrected chi connectivity index (χ2v) is 6.13. The number of hydrogen-bond acceptors (Lipinski definition) is 2. The fourth-order valence-electron chi connectivity index (χ4n) is 2.36. The molecule has 21 heavy (non-hydrogen) atoms. The summed E-state index contributed by atoms with van der Waals surface area (Å²) < 4.78 is 21.2. The van der Waals surface area contributed by atoms with Crippen molar-refractivity contribution in [3.63, 3.8) is 0 Å². The van der Waals surface area contributed by atoms with E-state index in [1.807, 2.05) is 27.7 Å². The van der Waals surface area contributed by atoms with E-state index in [0.29, 0.717) is 16.8 Å². The number of aromatic nitrogens is 1. The maximum absolute atomic E-state index is 14.1. The topological polar surface area (TPSA) is 31.2 Å². The van der Waals surface area contributed by atoms with Gasteiger partial charge < -0.3 is 9.30 Å². The lowest BCUT2D eigenvalue weighted by atomic mass is 10.0. The molecule has 0 aliphatic rings. The average Bonchev–Trinajstić information content (AvgIpc) is 2.62. The fraction of sp³-hybridized carbons (Fsp3) is 0.353. The Morgan fingerprint density at radius 2 is 1.86 bits per heavy atom. The van der Waals surface area contributed by atoms with Gasteiger partial charge >= 0.3 is 5.97 Å². The summed E-state index contributed by atoms with van der Waals surface area (Å²) >= 11 is 0. The molecular weight excluding hydrogens is 269 g/mol. The van der Waals surface area contributed by atoms with Crippen LogP contribution in [0.15, 0.2) is 30.5 Å². The van der Waals surface area contributed by atoms with Crippen molar-refractivity contribution in [1.29, 1.82) is 0 Å². The second-order valence-electron chi connectivity index (χ2n) is 6.13. The van der Waals surface area contributed by atoms with Crippen LogP contribution in [0.2, 0.25) is 0 Å². The largest absolute Gasteiger partial charge is 0.455 e. The molecule has 1 heterocycles. The normalized spacial score (nSPS) is 11.5. The van der Waals surface area contributed by atoms with E-state index >= 15 is 0 Å². The molecular formula is C17H20FNO2. The van der Waals surface area contributed by atoms with Crippen LogP contribution in [0.4, 0.5) is 4.39 Å². The number of rotatable bonds is 2. The minimum Gasteiger partial charge on any atom is -0.455 e. The Morgan fingerprint density at radius 1 is 1.24 bits per heavy atom. The van der Waals surface area contributed by atoms with Crippen LogP contribution in [0.1, 0.15) is 36.8 Å². The monoisotopic (exact) mass is 289 g/mol. The number of aryl methyl sites for hydroxylation is 2. The zero-order chi connectivity index (χ0) is 15.8. The first-order valence-electron chi connectivity index (χ1n) is 6.85. The fourth-order valence-corrected chi connectivity index (χ4v) is 2.36. The summed E-state index contributed by atoms with van der Waals surface area (Å²) in [6.45, 7) is 7.28. The van der Waals surface area contributed by atoms with Crippen molar-refractivity contribution in [2.75, 3.05) is 0 Å². The summed E-state index contributed by atoms with van der Waals surface area (Å²) in [6.07, 6.45) is 1.81. The Balaban J connectivity index is 2.58. The summed E-state index contributed by atoms with van der Waals surface area (Å²) in [4.78, 5) is 12.4. The van der Waals surface area contributed by atoms with Gasteiger partial charge in [-0.25, -0.2) is 9.18 Å². The van der Waals surface area contributed by atoms with Crippen molar-refractivity contribution in [2.24, 2.45) is 7.05 Å². The summed E-state index contributed by atoms with van der Waals surface area (Å²) in [6, 6.07) is 6.44. The van der Waals surface area contributed by atoms with Crippen molar-refractivity contribution in [2.45, 2.75) is 33.3 Å². The van der Waals surface area contributed by atoms with Crippen LogP contribution >= 0.6 is 0 Å². The molecule has 0 bridgehead atoms. The highest BCUT2D eigenvalue weighted by atomic mass is 19.1. The Labute approximate surface area is 124 Å². The number of nitrogens with zero attached hydrogens (tertiary/aromatic N) is 1. The Bertz CT molecular complexity index is 681. The van der Waals surface area contributed by atoms with Crippen molar-refractivity contribution >= 4 is 5.97 Å². The van der Waals surface area contributed by atoms with Gasteiger partial charge in [0.1, 0.15) is 17.1 Å². The standard InChI is InChI=1S/C17H20FNO2/c1-11-10-19(5)15(16(20)21-17(2,3)4)14(11)12-8-6-7-9-13(12)18/h6-10H,1-5H3. The van der Waals surface area contributed by atoms with Crippen LogP contribution < -0.4 is 0 Å². The van der Waals surface area contributed by atoms with E-state index in [9.17, 15) is 9.18 Å². The molecule has 0 radical (unpaired) electrons. The molecule has 1 aromatic heterocycles. The van der Waals surface area contributed by atoms with Crippen LogP contribution in [-0.2, 0) is 11.8 Å². The van der Waals surface area contributed by atoms with Crippen molar-refractivity contribution in [3.05, 3.63) is 47.5 Å². The maximum Gasteiger partial charge on any atom is 0.356 e.